The molecule has 6 nitrogen and oxygen atoms in total. The fourth-order valence-electron chi connectivity index (χ4n) is 2.19. The van der Waals surface area contributed by atoms with Crippen LogP contribution in [0, 0.1) is 5.82 Å². The topological polar surface area (TPSA) is 67.7 Å². The van der Waals surface area contributed by atoms with Gasteiger partial charge in [0.15, 0.2) is 5.65 Å². The first kappa shape index (κ1) is 16.7. The molecule has 124 valence electrons. The van der Waals surface area contributed by atoms with Gasteiger partial charge in [-0.2, -0.15) is 0 Å². The maximum absolute atomic E-state index is 14.1. The van der Waals surface area contributed by atoms with Crippen LogP contribution in [0.25, 0.3) is 5.65 Å². The molecule has 0 saturated carbocycles. The predicted molar refractivity (Wildman–Crippen MR) is 92.1 cm³/mol. The Kier molecular flexibility index (Phi) is 4.70. The summed E-state index contributed by atoms with van der Waals surface area (Å²) in [4.78, 5) is 21.0. The lowest BCUT2D eigenvalue weighted by atomic mass is 10.2. The van der Waals surface area contributed by atoms with Gasteiger partial charge in [0, 0.05) is 23.1 Å². The summed E-state index contributed by atoms with van der Waals surface area (Å²) in [5, 5.41) is 3.05. The van der Waals surface area contributed by atoms with Crippen LogP contribution in [0.15, 0.2) is 41.3 Å². The van der Waals surface area contributed by atoms with E-state index in [-0.39, 0.29) is 22.0 Å². The first-order valence-corrected chi connectivity index (χ1v) is 7.89. The van der Waals surface area contributed by atoms with Gasteiger partial charge < -0.3 is 9.72 Å². The van der Waals surface area contributed by atoms with Gasteiger partial charge in [-0.1, -0.05) is 27.5 Å². The summed E-state index contributed by atoms with van der Waals surface area (Å²) < 4.78 is 16.3. The average molecular weight is 414 g/mol. The van der Waals surface area contributed by atoms with E-state index in [2.05, 4.69) is 36.5 Å². The van der Waals surface area contributed by atoms with Gasteiger partial charge in [-0.3, -0.25) is 9.63 Å². The van der Waals surface area contributed by atoms with Crippen molar-refractivity contribution in [1.82, 2.24) is 14.9 Å². The molecule has 0 unspecified atom stereocenters. The van der Waals surface area contributed by atoms with Gasteiger partial charge in [-0.15, -0.1) is 0 Å². The lowest BCUT2D eigenvalue weighted by molar-refractivity contribution is 0.0538. The molecule has 0 saturated heterocycles. The van der Waals surface area contributed by atoms with E-state index >= 15 is 0 Å². The summed E-state index contributed by atoms with van der Waals surface area (Å²) in [5.74, 6) is -1.03. The number of pyridine rings is 1. The van der Waals surface area contributed by atoms with E-state index in [4.69, 9.17) is 11.6 Å². The van der Waals surface area contributed by atoms with Crippen molar-refractivity contribution in [2.24, 2.45) is 0 Å². The highest BCUT2D eigenvalue weighted by molar-refractivity contribution is 9.10. The molecule has 0 fully saturated rings. The number of hydrogen-bond donors (Lipinski definition) is 2. The number of nitrogens with zero attached hydrogens (tertiary/aromatic N) is 2. The third kappa shape index (κ3) is 3.08. The van der Waals surface area contributed by atoms with Crippen LogP contribution in [0.2, 0.25) is 5.02 Å². The normalized spacial score (nSPS) is 10.8. The number of hydrogen-bond acceptors (Lipinski definition) is 4. The molecule has 0 aliphatic carbocycles. The second-order valence-electron chi connectivity index (χ2n) is 4.77. The monoisotopic (exact) mass is 412 g/mol. The zero-order chi connectivity index (χ0) is 17.3. The zero-order valence-electron chi connectivity index (χ0n) is 12.3. The molecule has 2 aromatic heterocycles. The zero-order valence-corrected chi connectivity index (χ0v) is 14.7. The molecule has 3 aromatic rings. The van der Waals surface area contributed by atoms with Crippen LogP contribution in [-0.4, -0.2) is 22.4 Å². The molecule has 2 heterocycles. The highest BCUT2D eigenvalue weighted by atomic mass is 79.9. The van der Waals surface area contributed by atoms with Gasteiger partial charge in [-0.25, -0.2) is 14.9 Å². The Morgan fingerprint density at radius 1 is 1.46 bits per heavy atom. The quantitative estimate of drug-likeness (QED) is 0.636. The Morgan fingerprint density at radius 2 is 2.25 bits per heavy atom. The van der Waals surface area contributed by atoms with Gasteiger partial charge in [0.25, 0.3) is 5.91 Å². The number of rotatable bonds is 4. The molecule has 0 bridgehead atoms. The summed E-state index contributed by atoms with van der Waals surface area (Å²) >= 11 is 9.56. The number of fused-ring (bicyclic) bond motifs is 1. The molecule has 3 rings (SSSR count). The Bertz CT molecular complexity index is 931. The average Bonchev–Trinajstić information content (AvgIpc) is 3.01. The Hall–Kier alpha value is -2.16. The SMILES string of the molecule is CONC(=O)c1cn2ccnc2c(Cl)c1Nc1ccc(Br)cc1F. The van der Waals surface area contributed by atoms with Crippen molar-refractivity contribution in [2.75, 3.05) is 12.4 Å². The van der Waals surface area contributed by atoms with Crippen LogP contribution >= 0.6 is 27.5 Å². The Morgan fingerprint density at radius 3 is 2.96 bits per heavy atom. The second-order valence-corrected chi connectivity index (χ2v) is 6.07. The summed E-state index contributed by atoms with van der Waals surface area (Å²) in [7, 11) is 1.32. The molecule has 0 aliphatic heterocycles. The van der Waals surface area contributed by atoms with E-state index in [1.807, 2.05) is 0 Å². The standard InChI is InChI=1S/C15H11BrClFN4O2/c1-24-21-15(23)9-7-22-5-4-19-14(22)12(17)13(9)20-11-3-2-8(16)6-10(11)18/h2-7,20H,1H3,(H,21,23). The van der Waals surface area contributed by atoms with Crippen molar-refractivity contribution in [3.05, 3.63) is 57.7 Å². The van der Waals surface area contributed by atoms with Crippen LogP contribution in [0.5, 0.6) is 0 Å². The van der Waals surface area contributed by atoms with E-state index in [9.17, 15) is 9.18 Å². The fourth-order valence-corrected chi connectivity index (χ4v) is 2.82. The van der Waals surface area contributed by atoms with Crippen molar-refractivity contribution in [1.29, 1.82) is 0 Å². The number of halogens is 3. The highest BCUT2D eigenvalue weighted by Gasteiger charge is 2.20. The lowest BCUT2D eigenvalue weighted by Crippen LogP contribution is -2.23. The van der Waals surface area contributed by atoms with Crippen molar-refractivity contribution in [3.8, 4) is 0 Å². The van der Waals surface area contributed by atoms with Gasteiger partial charge in [0.2, 0.25) is 0 Å². The van der Waals surface area contributed by atoms with Crippen molar-refractivity contribution >= 4 is 50.5 Å². The molecule has 1 amide bonds. The highest BCUT2D eigenvalue weighted by Crippen LogP contribution is 2.33. The Labute approximate surface area is 149 Å². The second kappa shape index (κ2) is 6.76. The van der Waals surface area contributed by atoms with E-state index in [1.165, 1.54) is 25.4 Å². The van der Waals surface area contributed by atoms with E-state index in [0.29, 0.717) is 10.1 Å². The molecular formula is C15H11BrClFN4O2. The van der Waals surface area contributed by atoms with Crippen LogP contribution in [-0.2, 0) is 4.84 Å². The van der Waals surface area contributed by atoms with Crippen molar-refractivity contribution in [2.45, 2.75) is 0 Å². The van der Waals surface area contributed by atoms with Gasteiger partial charge in [0.05, 0.1) is 24.0 Å². The van der Waals surface area contributed by atoms with Crippen LogP contribution < -0.4 is 10.8 Å². The third-order valence-corrected chi connectivity index (χ3v) is 4.10. The maximum Gasteiger partial charge on any atom is 0.278 e. The molecule has 1 aromatic carbocycles. The number of carbonyl (C=O) groups is 1. The molecule has 9 heteroatoms. The summed E-state index contributed by atoms with van der Waals surface area (Å²) in [6.07, 6.45) is 4.72. The molecule has 24 heavy (non-hydrogen) atoms. The van der Waals surface area contributed by atoms with E-state index in [0.717, 1.165) is 0 Å². The minimum atomic E-state index is -0.532. The Balaban J connectivity index is 2.15. The number of aromatic nitrogens is 2. The van der Waals surface area contributed by atoms with Gasteiger partial charge in [-0.05, 0) is 18.2 Å². The predicted octanol–water partition coefficient (Wildman–Crippen LogP) is 3.92. The first-order valence-electron chi connectivity index (χ1n) is 6.72. The molecule has 0 aliphatic rings. The number of amides is 1. The van der Waals surface area contributed by atoms with Gasteiger partial charge >= 0.3 is 0 Å². The lowest BCUT2D eigenvalue weighted by Gasteiger charge is -2.15. The van der Waals surface area contributed by atoms with E-state index in [1.54, 1.807) is 22.9 Å². The number of hydroxylamine groups is 1. The summed E-state index contributed by atoms with van der Waals surface area (Å²) in [6, 6.07) is 4.50. The minimum absolute atomic E-state index is 0.169. The number of carbonyl (C=O) groups excluding carboxylic acids is 1. The summed E-state index contributed by atoms with van der Waals surface area (Å²) in [5.41, 5.74) is 3.23. The fraction of sp³-hybridized carbons (Fsp3) is 0.0667. The number of anilines is 2. The molecular weight excluding hydrogens is 403 g/mol. The molecule has 0 radical (unpaired) electrons. The van der Waals surface area contributed by atoms with Crippen molar-refractivity contribution in [3.63, 3.8) is 0 Å². The maximum atomic E-state index is 14.1. The largest absolute Gasteiger partial charge is 0.351 e. The van der Waals surface area contributed by atoms with E-state index < -0.39 is 11.7 Å². The van der Waals surface area contributed by atoms with Gasteiger partial charge in [0.1, 0.15) is 10.8 Å². The minimum Gasteiger partial charge on any atom is -0.351 e. The first-order chi connectivity index (χ1) is 11.5. The number of imidazole rings is 1. The van der Waals surface area contributed by atoms with Crippen LogP contribution in [0.1, 0.15) is 10.4 Å². The van der Waals surface area contributed by atoms with Crippen LogP contribution in [0.3, 0.4) is 0 Å². The smallest absolute Gasteiger partial charge is 0.278 e. The molecule has 2 N–H and O–H groups in total. The third-order valence-electron chi connectivity index (χ3n) is 3.25. The molecule has 0 atom stereocenters. The number of nitrogens with one attached hydrogen (secondary N) is 2. The molecule has 0 spiro atoms. The van der Waals surface area contributed by atoms with Crippen molar-refractivity contribution < 1.29 is 14.0 Å². The summed E-state index contributed by atoms with van der Waals surface area (Å²) in [6.45, 7) is 0. The van der Waals surface area contributed by atoms with Crippen LogP contribution in [0.4, 0.5) is 15.8 Å². The number of benzene rings is 1.